The predicted octanol–water partition coefficient (Wildman–Crippen LogP) is 3.25. The fourth-order valence-electron chi connectivity index (χ4n) is 4.10. The highest BCUT2D eigenvalue weighted by Crippen LogP contribution is 2.28. The summed E-state index contributed by atoms with van der Waals surface area (Å²) >= 11 is 6.17. The second kappa shape index (κ2) is 11.7. The van der Waals surface area contributed by atoms with Gasteiger partial charge in [-0.25, -0.2) is 14.2 Å². The van der Waals surface area contributed by atoms with E-state index >= 15 is 0 Å². The molecule has 4 N–H and O–H groups in total. The molecule has 0 aliphatic heterocycles. The lowest BCUT2D eigenvalue weighted by atomic mass is 9.91. The number of hydrogen-bond acceptors (Lipinski definition) is 7. The third-order valence-corrected chi connectivity index (χ3v) is 7.00. The molecule has 0 saturated heterocycles. The Hall–Kier alpha value is -3.18. The number of ether oxygens (including phenoxy) is 1. The third-order valence-electron chi connectivity index (χ3n) is 6.06. The van der Waals surface area contributed by atoms with E-state index in [1.807, 2.05) is 6.92 Å². The molecule has 2 aliphatic carbocycles. The van der Waals surface area contributed by atoms with Crippen LogP contribution in [0.3, 0.4) is 0 Å². The molecule has 1 saturated carbocycles. The van der Waals surface area contributed by atoms with Crippen molar-refractivity contribution in [2.45, 2.75) is 50.9 Å². The second-order valence-corrected chi connectivity index (χ2v) is 9.68. The van der Waals surface area contributed by atoms with Gasteiger partial charge in [-0.2, -0.15) is 0 Å². The van der Waals surface area contributed by atoms with Crippen LogP contribution in [0.5, 0.6) is 0 Å². The van der Waals surface area contributed by atoms with Crippen molar-refractivity contribution >= 4 is 51.0 Å². The first-order valence-electron chi connectivity index (χ1n) is 11.5. The number of rotatable bonds is 6. The van der Waals surface area contributed by atoms with Gasteiger partial charge in [-0.15, -0.1) is 0 Å². The Balaban J connectivity index is 1.54. The van der Waals surface area contributed by atoms with Crippen LogP contribution in [0.15, 0.2) is 60.0 Å². The largest absolute Gasteiger partial charge is 0.364 e. The van der Waals surface area contributed by atoms with Gasteiger partial charge in [0, 0.05) is 18.4 Å². The Morgan fingerprint density at radius 3 is 2.56 bits per heavy atom. The standard InChI is InChI=1S/C25H26ClN5O4S/c1-14-4-10-18(22(23(14)36-34)35-17-8-6-16(27)7-9-17)24(32)30-19-3-2-12-28-21(19)25(33)31-20-11-5-15(26)13-29-20/h2-5,10-13,16-17,22H,6-9,27H2,1H3,(H,30,32)(H,29,31,33). The van der Waals surface area contributed by atoms with Gasteiger partial charge in [0.15, 0.2) is 5.69 Å². The Morgan fingerprint density at radius 1 is 1.08 bits per heavy atom. The highest BCUT2D eigenvalue weighted by Gasteiger charge is 2.33. The third kappa shape index (κ3) is 6.14. The van der Waals surface area contributed by atoms with Crippen LogP contribution in [-0.4, -0.2) is 49.1 Å². The highest BCUT2D eigenvalue weighted by atomic mass is 35.5. The van der Waals surface area contributed by atoms with E-state index in [1.54, 1.807) is 36.4 Å². The van der Waals surface area contributed by atoms with E-state index in [4.69, 9.17) is 22.1 Å². The summed E-state index contributed by atoms with van der Waals surface area (Å²) in [6, 6.07) is 6.48. The molecule has 11 heteroatoms. The molecule has 2 aromatic rings. The van der Waals surface area contributed by atoms with Crippen molar-refractivity contribution in [3.63, 3.8) is 0 Å². The van der Waals surface area contributed by atoms with Crippen LogP contribution in [0.4, 0.5) is 11.5 Å². The van der Waals surface area contributed by atoms with Crippen LogP contribution in [-0.2, 0) is 20.8 Å². The monoisotopic (exact) mass is 527 g/mol. The number of halogens is 1. The zero-order valence-corrected chi connectivity index (χ0v) is 21.1. The predicted molar refractivity (Wildman–Crippen MR) is 140 cm³/mol. The van der Waals surface area contributed by atoms with Crippen molar-refractivity contribution in [1.82, 2.24) is 9.97 Å². The number of carbonyl (C=O) groups is 2. The van der Waals surface area contributed by atoms with Gasteiger partial charge in [0.2, 0.25) is 0 Å². The molecule has 0 spiro atoms. The molecule has 4 rings (SSSR count). The highest BCUT2D eigenvalue weighted by molar-refractivity contribution is 7.67. The molecule has 9 nitrogen and oxygen atoms in total. The zero-order valence-electron chi connectivity index (χ0n) is 19.6. The SMILES string of the molecule is CC1=CC=C(C(=O)Nc2cccnc2C(=O)Nc2ccc(Cl)cn2)C(OC2CCC(N)CC2)C1=S=O. The first kappa shape index (κ1) is 25.9. The van der Waals surface area contributed by atoms with Crippen LogP contribution in [0.2, 0.25) is 5.02 Å². The van der Waals surface area contributed by atoms with Crippen molar-refractivity contribution in [2.24, 2.45) is 5.73 Å². The summed E-state index contributed by atoms with van der Waals surface area (Å²) in [6.45, 7) is 1.81. The van der Waals surface area contributed by atoms with Crippen LogP contribution >= 0.6 is 11.6 Å². The fraction of sp³-hybridized carbons (Fsp3) is 0.320. The van der Waals surface area contributed by atoms with Crippen LogP contribution < -0.4 is 16.4 Å². The van der Waals surface area contributed by atoms with Crippen molar-refractivity contribution in [2.75, 3.05) is 10.6 Å². The van der Waals surface area contributed by atoms with Gasteiger partial charge in [-0.3, -0.25) is 9.59 Å². The van der Waals surface area contributed by atoms with E-state index in [-0.39, 0.29) is 34.9 Å². The van der Waals surface area contributed by atoms with E-state index in [0.717, 1.165) is 31.3 Å². The van der Waals surface area contributed by atoms with Crippen molar-refractivity contribution in [1.29, 1.82) is 0 Å². The first-order chi connectivity index (χ1) is 17.4. The summed E-state index contributed by atoms with van der Waals surface area (Å²) in [5.74, 6) is -0.757. The van der Waals surface area contributed by atoms with E-state index in [9.17, 15) is 13.8 Å². The van der Waals surface area contributed by atoms with Gasteiger partial charge < -0.3 is 21.1 Å². The molecule has 0 bridgehead atoms. The van der Waals surface area contributed by atoms with E-state index in [0.29, 0.717) is 21.1 Å². The minimum Gasteiger partial charge on any atom is -0.364 e. The normalized spacial score (nSPS) is 21.8. The quantitative estimate of drug-likeness (QED) is 0.490. The number of anilines is 2. The maximum Gasteiger partial charge on any atom is 0.277 e. The van der Waals surface area contributed by atoms with E-state index < -0.39 is 17.9 Å². The summed E-state index contributed by atoms with van der Waals surface area (Å²) < 4.78 is 18.3. The Kier molecular flexibility index (Phi) is 8.42. The average Bonchev–Trinajstić information content (AvgIpc) is 2.87. The minimum atomic E-state index is -0.802. The Bertz CT molecular complexity index is 1270. The summed E-state index contributed by atoms with van der Waals surface area (Å²) in [7, 11) is 0. The topological polar surface area (TPSA) is 136 Å². The summed E-state index contributed by atoms with van der Waals surface area (Å²) in [5.41, 5.74) is 7.26. The number of amides is 2. The molecule has 2 heterocycles. The van der Waals surface area contributed by atoms with E-state index in [2.05, 4.69) is 20.6 Å². The fourth-order valence-corrected chi connectivity index (χ4v) is 4.68. The van der Waals surface area contributed by atoms with Gasteiger partial charge in [-0.1, -0.05) is 23.8 Å². The maximum absolute atomic E-state index is 13.4. The maximum atomic E-state index is 13.4. The van der Waals surface area contributed by atoms with Crippen molar-refractivity contribution in [3.8, 4) is 0 Å². The molecule has 2 aliphatic rings. The van der Waals surface area contributed by atoms with Crippen LogP contribution in [0.25, 0.3) is 0 Å². The van der Waals surface area contributed by atoms with Gasteiger partial charge in [0.25, 0.3) is 11.8 Å². The number of nitrogens with two attached hydrogens (primary N) is 1. The molecule has 2 aromatic heterocycles. The number of allylic oxidation sites excluding steroid dienone is 2. The molecule has 1 atom stereocenters. The molecule has 0 radical (unpaired) electrons. The Morgan fingerprint density at radius 2 is 1.86 bits per heavy atom. The van der Waals surface area contributed by atoms with Gasteiger partial charge in [0.1, 0.15) is 11.9 Å². The molecule has 0 aromatic carbocycles. The van der Waals surface area contributed by atoms with Gasteiger partial charge in [0.05, 0.1) is 38.5 Å². The summed E-state index contributed by atoms with van der Waals surface area (Å²) in [5, 5.41) is 5.84. The number of carbonyl (C=O) groups excluding carboxylic acids is 2. The molecule has 1 fully saturated rings. The Labute approximate surface area is 217 Å². The number of hydrogen-bond donors (Lipinski definition) is 3. The lowest BCUT2D eigenvalue weighted by molar-refractivity contribution is -0.114. The number of pyridine rings is 2. The summed E-state index contributed by atoms with van der Waals surface area (Å²) in [4.78, 5) is 34.9. The summed E-state index contributed by atoms with van der Waals surface area (Å²) in [6.07, 6.45) is 8.50. The molecular weight excluding hydrogens is 502 g/mol. The van der Waals surface area contributed by atoms with Crippen LogP contribution in [0, 0.1) is 0 Å². The van der Waals surface area contributed by atoms with Gasteiger partial charge in [-0.05, 0) is 62.4 Å². The second-order valence-electron chi connectivity index (χ2n) is 8.64. The smallest absolute Gasteiger partial charge is 0.277 e. The van der Waals surface area contributed by atoms with Gasteiger partial charge >= 0.3 is 0 Å². The molecule has 1 unspecified atom stereocenters. The van der Waals surface area contributed by atoms with Crippen LogP contribution in [0.1, 0.15) is 43.1 Å². The number of nitrogens with zero attached hydrogens (tertiary/aromatic N) is 2. The minimum absolute atomic E-state index is 0.00636. The molecule has 36 heavy (non-hydrogen) atoms. The first-order valence-corrected chi connectivity index (χ1v) is 12.6. The lowest BCUT2D eigenvalue weighted by Gasteiger charge is -2.32. The molecule has 188 valence electrons. The number of aromatic nitrogens is 2. The van der Waals surface area contributed by atoms with Crippen molar-refractivity contribution in [3.05, 3.63) is 70.7 Å². The number of nitrogens with one attached hydrogen (secondary N) is 2. The average molecular weight is 528 g/mol. The van der Waals surface area contributed by atoms with Crippen molar-refractivity contribution < 1.29 is 18.5 Å². The van der Waals surface area contributed by atoms with E-state index in [1.165, 1.54) is 12.4 Å². The zero-order chi connectivity index (χ0) is 25.7. The lowest BCUT2D eigenvalue weighted by Crippen LogP contribution is -2.40. The molecule has 2 amide bonds. The molecular formula is C25H26ClN5O4S.